The Morgan fingerprint density at radius 1 is 0.793 bits per heavy atom. The number of hydrogen-bond donors (Lipinski definition) is 2. The molecule has 8 nitrogen and oxygen atoms in total. The molecule has 2 aromatic carbocycles. The van der Waals surface area contributed by atoms with Crippen molar-refractivity contribution in [1.29, 1.82) is 0 Å². The van der Waals surface area contributed by atoms with Gasteiger partial charge in [0.15, 0.2) is 0 Å². The number of carbonyl (C=O) groups excluding carboxylic acids is 2. The van der Waals surface area contributed by atoms with Crippen molar-refractivity contribution >= 4 is 24.4 Å². The maximum absolute atomic E-state index is 9.54. The minimum absolute atomic E-state index is 0. The van der Waals surface area contributed by atoms with E-state index in [0.29, 0.717) is 24.2 Å². The third-order valence-electron chi connectivity index (χ3n) is 2.69. The van der Waals surface area contributed by atoms with Crippen molar-refractivity contribution in [2.24, 2.45) is 9.98 Å². The van der Waals surface area contributed by atoms with E-state index in [1.807, 2.05) is 12.1 Å². The molecule has 157 valence electrons. The molecule has 0 unspecified atom stereocenters. The standard InChI is InChI=1S/C16H16N2O2.2C2H4O2.Co/c19-15-7-3-1-5-13(15)11-17-9-10-18-12-14-6-2-4-8-16(14)20;2*1-2(3)4;/h1-8,11-12,19-20H,9-10H2;2*1H3,(H,3,4);/q;;;+2/p-2. The minimum atomic E-state index is -1.08. The number of hydrogen-bond acceptors (Lipinski definition) is 8. The van der Waals surface area contributed by atoms with Crippen molar-refractivity contribution in [2.45, 2.75) is 13.8 Å². The summed E-state index contributed by atoms with van der Waals surface area (Å²) in [5.74, 6) is -1.73. The van der Waals surface area contributed by atoms with Crippen LogP contribution in [0.4, 0.5) is 0 Å². The second-order valence-corrected chi connectivity index (χ2v) is 5.17. The number of aliphatic imine (C=N–C) groups is 2. The Morgan fingerprint density at radius 2 is 1.07 bits per heavy atom. The number of para-hydroxylation sites is 2. The number of phenolic OH excluding ortho intramolecular Hbond substituents is 2. The van der Waals surface area contributed by atoms with Crippen LogP contribution in [0.2, 0.25) is 0 Å². The zero-order valence-corrected chi connectivity index (χ0v) is 17.0. The first-order valence-corrected chi connectivity index (χ1v) is 8.14. The van der Waals surface area contributed by atoms with E-state index in [9.17, 15) is 10.2 Å². The molecule has 0 aliphatic carbocycles. The molecule has 29 heavy (non-hydrogen) atoms. The van der Waals surface area contributed by atoms with Crippen molar-refractivity contribution in [3.05, 3.63) is 59.7 Å². The summed E-state index contributed by atoms with van der Waals surface area (Å²) in [4.78, 5) is 26.2. The minimum Gasteiger partial charge on any atom is -0.550 e. The molecule has 0 atom stereocenters. The average molecular weight is 445 g/mol. The first-order valence-electron chi connectivity index (χ1n) is 8.14. The van der Waals surface area contributed by atoms with E-state index in [2.05, 4.69) is 9.98 Å². The van der Waals surface area contributed by atoms with Gasteiger partial charge in [-0.15, -0.1) is 0 Å². The van der Waals surface area contributed by atoms with Gasteiger partial charge >= 0.3 is 16.8 Å². The third-order valence-corrected chi connectivity index (χ3v) is 2.69. The topological polar surface area (TPSA) is 145 Å². The van der Waals surface area contributed by atoms with Crippen LogP contribution in [0.15, 0.2) is 58.5 Å². The van der Waals surface area contributed by atoms with Crippen molar-refractivity contribution in [2.75, 3.05) is 13.1 Å². The van der Waals surface area contributed by atoms with Crippen LogP contribution in [0.25, 0.3) is 0 Å². The summed E-state index contributed by atoms with van der Waals surface area (Å²) in [5.41, 5.74) is 1.38. The molecule has 0 aromatic heterocycles. The van der Waals surface area contributed by atoms with Gasteiger partial charge in [0.2, 0.25) is 0 Å². The second kappa shape index (κ2) is 17.0. The summed E-state index contributed by atoms with van der Waals surface area (Å²) < 4.78 is 0. The number of benzene rings is 2. The smallest absolute Gasteiger partial charge is 0.550 e. The van der Waals surface area contributed by atoms with Gasteiger partial charge in [-0.2, -0.15) is 0 Å². The van der Waals surface area contributed by atoms with E-state index >= 15 is 0 Å². The fourth-order valence-electron chi connectivity index (χ4n) is 1.63. The van der Waals surface area contributed by atoms with Gasteiger partial charge in [-0.25, -0.2) is 0 Å². The number of rotatable bonds is 5. The van der Waals surface area contributed by atoms with Gasteiger partial charge < -0.3 is 30.0 Å². The number of nitrogens with zero attached hydrogens (tertiary/aromatic N) is 2. The molecule has 2 N–H and O–H groups in total. The summed E-state index contributed by atoms with van der Waals surface area (Å²) in [6.45, 7) is 3.00. The summed E-state index contributed by atoms with van der Waals surface area (Å²) in [5, 5.41) is 36.9. The van der Waals surface area contributed by atoms with Gasteiger partial charge in [0, 0.05) is 35.5 Å². The number of aliphatic carboxylic acids is 2. The third kappa shape index (κ3) is 16.7. The maximum atomic E-state index is 9.54. The maximum Gasteiger partial charge on any atom is 2.00 e. The fraction of sp³-hybridized carbons (Fsp3) is 0.200. The monoisotopic (exact) mass is 445 g/mol. The van der Waals surface area contributed by atoms with Crippen LogP contribution in [0.5, 0.6) is 11.5 Å². The summed E-state index contributed by atoms with van der Waals surface area (Å²) in [6.07, 6.45) is 3.26. The molecule has 0 saturated carbocycles. The van der Waals surface area contributed by atoms with Crippen LogP contribution in [0, 0.1) is 0 Å². The number of carboxylic acids is 2. The largest absolute Gasteiger partial charge is 2.00 e. The van der Waals surface area contributed by atoms with E-state index < -0.39 is 11.9 Å². The van der Waals surface area contributed by atoms with E-state index in [1.165, 1.54) is 0 Å². The number of carbonyl (C=O) groups is 2. The number of aromatic hydroxyl groups is 2. The van der Waals surface area contributed by atoms with Gasteiger partial charge in [-0.1, -0.05) is 24.3 Å². The Morgan fingerprint density at radius 3 is 1.34 bits per heavy atom. The van der Waals surface area contributed by atoms with Crippen LogP contribution in [-0.4, -0.2) is 47.7 Å². The van der Waals surface area contributed by atoms with E-state index in [0.717, 1.165) is 13.8 Å². The zero-order chi connectivity index (χ0) is 21.4. The Kier molecular flexibility index (Phi) is 16.4. The van der Waals surface area contributed by atoms with Crippen LogP contribution in [-0.2, 0) is 26.4 Å². The Balaban J connectivity index is 0. The van der Waals surface area contributed by atoms with Gasteiger partial charge in [-0.3, -0.25) is 9.98 Å². The van der Waals surface area contributed by atoms with Crippen molar-refractivity contribution < 1.29 is 46.8 Å². The quantitative estimate of drug-likeness (QED) is 0.495. The molecule has 0 aliphatic rings. The van der Waals surface area contributed by atoms with E-state index in [-0.39, 0.29) is 28.3 Å². The molecule has 0 amide bonds. The molecule has 0 bridgehead atoms. The molecule has 0 heterocycles. The average Bonchev–Trinajstić information content (AvgIpc) is 2.60. The molecule has 0 fully saturated rings. The SMILES string of the molecule is CC(=O)[O-].CC(=O)[O-].Oc1ccccc1C=NCCN=Cc1ccccc1O.[Co+2]. The summed E-state index contributed by atoms with van der Waals surface area (Å²) in [7, 11) is 0. The first-order chi connectivity index (χ1) is 13.2. The molecular weight excluding hydrogens is 423 g/mol. The molecular formula is C20H22CoN2O6. The van der Waals surface area contributed by atoms with Gasteiger partial charge in [0.25, 0.3) is 0 Å². The Labute approximate surface area is 179 Å². The van der Waals surface area contributed by atoms with Gasteiger partial charge in [-0.05, 0) is 38.1 Å². The molecule has 1 radical (unpaired) electrons. The first kappa shape index (κ1) is 28.0. The van der Waals surface area contributed by atoms with Crippen LogP contribution in [0.1, 0.15) is 25.0 Å². The van der Waals surface area contributed by atoms with Crippen molar-refractivity contribution in [3.63, 3.8) is 0 Å². The second-order valence-electron chi connectivity index (χ2n) is 5.17. The predicted molar refractivity (Wildman–Crippen MR) is 102 cm³/mol. The molecule has 2 rings (SSSR count). The summed E-state index contributed by atoms with van der Waals surface area (Å²) in [6, 6.07) is 14.1. The Hall–Kier alpha value is -3.17. The van der Waals surface area contributed by atoms with Crippen LogP contribution >= 0.6 is 0 Å². The summed E-state index contributed by atoms with van der Waals surface area (Å²) >= 11 is 0. The fourth-order valence-corrected chi connectivity index (χ4v) is 1.63. The van der Waals surface area contributed by atoms with Gasteiger partial charge in [0.1, 0.15) is 11.5 Å². The number of carboxylic acid groups (broad SMARTS) is 2. The van der Waals surface area contributed by atoms with Gasteiger partial charge in [0.05, 0.1) is 13.1 Å². The molecule has 0 spiro atoms. The molecule has 0 aliphatic heterocycles. The Bertz CT molecular complexity index is 734. The van der Waals surface area contributed by atoms with Crippen LogP contribution in [0.3, 0.4) is 0 Å². The zero-order valence-electron chi connectivity index (χ0n) is 15.9. The van der Waals surface area contributed by atoms with E-state index in [4.69, 9.17) is 19.8 Å². The van der Waals surface area contributed by atoms with Crippen LogP contribution < -0.4 is 10.2 Å². The molecule has 9 heteroatoms. The predicted octanol–water partition coefficient (Wildman–Crippen LogP) is 0.146. The number of phenols is 2. The normalized spacial score (nSPS) is 9.59. The molecule has 0 saturated heterocycles. The van der Waals surface area contributed by atoms with Crippen molar-refractivity contribution in [1.82, 2.24) is 0 Å². The van der Waals surface area contributed by atoms with E-state index in [1.54, 1.807) is 48.8 Å². The van der Waals surface area contributed by atoms with Crippen molar-refractivity contribution in [3.8, 4) is 11.5 Å². The molecule has 2 aromatic rings.